The van der Waals surface area contributed by atoms with Crippen molar-refractivity contribution in [2.24, 2.45) is 0 Å². The lowest BCUT2D eigenvalue weighted by molar-refractivity contribution is 0.0945. The predicted molar refractivity (Wildman–Crippen MR) is 143 cm³/mol. The Morgan fingerprint density at radius 2 is 1.78 bits per heavy atom. The van der Waals surface area contributed by atoms with Crippen molar-refractivity contribution < 1.29 is 13.9 Å². The highest BCUT2D eigenvalue weighted by molar-refractivity contribution is 5.94. The van der Waals surface area contributed by atoms with E-state index in [1.165, 1.54) is 23.3 Å². The standard InChI is InChI=1S/C31H37FN2O2/c1-31(2,27-11-13-28(32)14-12-27)22-33-30(35)25-10-15-29-26(20-25)19-23-8-7-9-24(18-23)21-34(3)16-5-4-6-17-36-29/h7-15,18,20H,4-6,16-17,19,21-22H2,1-3H3,(H,33,35). The number of halogens is 1. The van der Waals surface area contributed by atoms with Crippen molar-refractivity contribution in [3.63, 3.8) is 0 Å². The Balaban J connectivity index is 1.53. The summed E-state index contributed by atoms with van der Waals surface area (Å²) in [4.78, 5) is 15.5. The summed E-state index contributed by atoms with van der Waals surface area (Å²) in [5, 5.41) is 3.07. The molecule has 4 nitrogen and oxygen atoms in total. The van der Waals surface area contributed by atoms with Crippen molar-refractivity contribution in [3.8, 4) is 5.75 Å². The van der Waals surface area contributed by atoms with Gasteiger partial charge in [-0.15, -0.1) is 0 Å². The molecule has 1 amide bonds. The molecule has 3 aromatic carbocycles. The van der Waals surface area contributed by atoms with Crippen molar-refractivity contribution in [3.05, 3.63) is 100 Å². The minimum absolute atomic E-state index is 0.122. The number of rotatable bonds is 4. The predicted octanol–water partition coefficient (Wildman–Crippen LogP) is 6.12. The van der Waals surface area contributed by atoms with Crippen LogP contribution in [0.4, 0.5) is 4.39 Å². The SMILES string of the molecule is CN1CCCCCOc2ccc(C(=O)NCC(C)(C)c3ccc(F)cc3)cc2Cc2cccc(c2)C1. The average molecular weight is 489 g/mol. The van der Waals surface area contributed by atoms with Gasteiger partial charge in [-0.1, -0.05) is 50.2 Å². The van der Waals surface area contributed by atoms with Gasteiger partial charge in [-0.3, -0.25) is 4.79 Å². The molecule has 3 aromatic rings. The fourth-order valence-corrected chi connectivity index (χ4v) is 4.70. The van der Waals surface area contributed by atoms with Crippen molar-refractivity contribution in [2.45, 2.75) is 51.5 Å². The van der Waals surface area contributed by atoms with E-state index >= 15 is 0 Å². The molecule has 0 spiro atoms. The van der Waals surface area contributed by atoms with Crippen LogP contribution in [0.15, 0.2) is 66.7 Å². The fraction of sp³-hybridized carbons (Fsp3) is 0.387. The first-order valence-corrected chi connectivity index (χ1v) is 12.9. The van der Waals surface area contributed by atoms with Gasteiger partial charge in [0.05, 0.1) is 6.61 Å². The molecule has 0 radical (unpaired) electrons. The second-order valence-corrected chi connectivity index (χ2v) is 10.5. The van der Waals surface area contributed by atoms with Gasteiger partial charge in [-0.05, 0) is 85.4 Å². The quantitative estimate of drug-likeness (QED) is 0.481. The van der Waals surface area contributed by atoms with E-state index in [9.17, 15) is 9.18 Å². The van der Waals surface area contributed by atoms with E-state index in [0.717, 1.165) is 49.2 Å². The molecule has 0 saturated carbocycles. The lowest BCUT2D eigenvalue weighted by Gasteiger charge is -2.26. The maximum atomic E-state index is 13.3. The normalized spacial score (nSPS) is 15.3. The third-order valence-electron chi connectivity index (χ3n) is 6.92. The number of ether oxygens (including phenoxy) is 1. The molecule has 4 rings (SSSR count). The molecule has 0 fully saturated rings. The van der Waals surface area contributed by atoms with Crippen LogP contribution in [0.5, 0.6) is 5.75 Å². The first-order chi connectivity index (χ1) is 17.3. The Bertz CT molecular complexity index is 1170. The number of carbonyl (C=O) groups excluding carboxylic acids is 1. The van der Waals surface area contributed by atoms with E-state index in [2.05, 4.69) is 41.5 Å². The summed E-state index contributed by atoms with van der Waals surface area (Å²) >= 11 is 0. The van der Waals surface area contributed by atoms with Gasteiger partial charge in [0.25, 0.3) is 5.91 Å². The summed E-state index contributed by atoms with van der Waals surface area (Å²) in [6, 6.07) is 20.9. The lowest BCUT2D eigenvalue weighted by Crippen LogP contribution is -2.36. The Kier molecular flexibility index (Phi) is 8.42. The summed E-state index contributed by atoms with van der Waals surface area (Å²) in [6.07, 6.45) is 4.00. The highest BCUT2D eigenvalue weighted by Crippen LogP contribution is 2.26. The fourth-order valence-electron chi connectivity index (χ4n) is 4.70. The number of hydrogen-bond donors (Lipinski definition) is 1. The second-order valence-electron chi connectivity index (χ2n) is 10.5. The Hall–Kier alpha value is -3.18. The minimum atomic E-state index is -0.326. The molecule has 1 aliphatic rings. The molecular weight excluding hydrogens is 451 g/mol. The smallest absolute Gasteiger partial charge is 0.251 e. The molecule has 36 heavy (non-hydrogen) atoms. The second kappa shape index (κ2) is 11.7. The van der Waals surface area contributed by atoms with Gasteiger partial charge in [0.1, 0.15) is 11.6 Å². The van der Waals surface area contributed by atoms with Crippen LogP contribution in [-0.4, -0.2) is 37.6 Å². The van der Waals surface area contributed by atoms with Crippen LogP contribution in [0, 0.1) is 5.82 Å². The van der Waals surface area contributed by atoms with Crippen LogP contribution in [0.25, 0.3) is 0 Å². The van der Waals surface area contributed by atoms with E-state index in [1.807, 2.05) is 32.0 Å². The Labute approximate surface area is 214 Å². The van der Waals surface area contributed by atoms with Gasteiger partial charge in [-0.2, -0.15) is 0 Å². The molecule has 1 aliphatic heterocycles. The van der Waals surface area contributed by atoms with E-state index in [4.69, 9.17) is 4.74 Å². The zero-order valence-electron chi connectivity index (χ0n) is 21.6. The van der Waals surface area contributed by atoms with Crippen molar-refractivity contribution in [1.29, 1.82) is 0 Å². The van der Waals surface area contributed by atoms with Gasteiger partial charge < -0.3 is 15.0 Å². The molecule has 1 heterocycles. The monoisotopic (exact) mass is 488 g/mol. The maximum Gasteiger partial charge on any atom is 0.251 e. The van der Waals surface area contributed by atoms with Crippen molar-refractivity contribution in [2.75, 3.05) is 26.7 Å². The van der Waals surface area contributed by atoms with Crippen LogP contribution >= 0.6 is 0 Å². The highest BCUT2D eigenvalue weighted by Gasteiger charge is 2.22. The zero-order valence-corrected chi connectivity index (χ0v) is 21.6. The molecule has 0 saturated heterocycles. The molecule has 0 atom stereocenters. The van der Waals surface area contributed by atoms with Gasteiger partial charge >= 0.3 is 0 Å². The van der Waals surface area contributed by atoms with Gasteiger partial charge in [0.15, 0.2) is 0 Å². The van der Waals surface area contributed by atoms with Crippen LogP contribution in [0.1, 0.15) is 65.7 Å². The van der Waals surface area contributed by atoms with Crippen LogP contribution in [0.3, 0.4) is 0 Å². The lowest BCUT2D eigenvalue weighted by atomic mass is 9.84. The van der Waals surface area contributed by atoms with Crippen LogP contribution in [0.2, 0.25) is 0 Å². The molecule has 0 aliphatic carbocycles. The number of amides is 1. The third-order valence-corrected chi connectivity index (χ3v) is 6.92. The third kappa shape index (κ3) is 6.94. The Morgan fingerprint density at radius 1 is 1.00 bits per heavy atom. The Morgan fingerprint density at radius 3 is 2.58 bits per heavy atom. The topological polar surface area (TPSA) is 41.6 Å². The minimum Gasteiger partial charge on any atom is -0.493 e. The molecule has 190 valence electrons. The van der Waals surface area contributed by atoms with Crippen LogP contribution in [-0.2, 0) is 18.4 Å². The van der Waals surface area contributed by atoms with Crippen LogP contribution < -0.4 is 10.1 Å². The number of benzene rings is 3. The summed E-state index contributed by atoms with van der Waals surface area (Å²) in [6.45, 7) is 7.22. The van der Waals surface area contributed by atoms with Crippen molar-refractivity contribution >= 4 is 5.91 Å². The highest BCUT2D eigenvalue weighted by atomic mass is 19.1. The summed E-state index contributed by atoms with van der Waals surface area (Å²) < 4.78 is 19.5. The summed E-state index contributed by atoms with van der Waals surface area (Å²) in [5.41, 5.74) is 4.79. The largest absolute Gasteiger partial charge is 0.493 e. The molecule has 2 bridgehead atoms. The van der Waals surface area contributed by atoms with Gasteiger partial charge in [-0.25, -0.2) is 4.39 Å². The summed E-state index contributed by atoms with van der Waals surface area (Å²) in [7, 11) is 2.17. The molecule has 5 heteroatoms. The van der Waals surface area contributed by atoms with E-state index < -0.39 is 0 Å². The van der Waals surface area contributed by atoms with Gasteiger partial charge in [0, 0.05) is 30.5 Å². The number of nitrogens with zero attached hydrogens (tertiary/aromatic N) is 1. The first kappa shape index (κ1) is 25.9. The van der Waals surface area contributed by atoms with Crippen molar-refractivity contribution in [1.82, 2.24) is 10.2 Å². The molecular formula is C31H37FN2O2. The summed E-state index contributed by atoms with van der Waals surface area (Å²) in [5.74, 6) is 0.462. The number of hydrogen-bond acceptors (Lipinski definition) is 3. The maximum absolute atomic E-state index is 13.3. The number of fused-ring (bicyclic) bond motifs is 3. The molecule has 0 unspecified atom stereocenters. The van der Waals surface area contributed by atoms with Gasteiger partial charge in [0.2, 0.25) is 0 Å². The number of nitrogens with one attached hydrogen (secondary N) is 1. The van der Waals surface area contributed by atoms with E-state index in [1.54, 1.807) is 12.1 Å². The average Bonchev–Trinajstić information content (AvgIpc) is 2.85. The number of carbonyl (C=O) groups is 1. The first-order valence-electron chi connectivity index (χ1n) is 12.9. The van der Waals surface area contributed by atoms with E-state index in [0.29, 0.717) is 25.1 Å². The zero-order chi connectivity index (χ0) is 25.5. The van der Waals surface area contributed by atoms with E-state index in [-0.39, 0.29) is 17.1 Å². The molecule has 0 aromatic heterocycles. The molecule has 1 N–H and O–H groups in total.